The fraction of sp³-hybridized carbons (Fsp3) is 0.611. The molecule has 0 spiro atoms. The van der Waals surface area contributed by atoms with Crippen LogP contribution in [0.2, 0.25) is 0 Å². The van der Waals surface area contributed by atoms with E-state index in [4.69, 9.17) is 0 Å². The molecule has 0 atom stereocenters. The number of aryl methyl sites for hydroxylation is 3. The number of hydrogen-bond acceptors (Lipinski definition) is 7. The Morgan fingerprint density at radius 2 is 1.93 bits per heavy atom. The summed E-state index contributed by atoms with van der Waals surface area (Å²) in [5, 5.41) is 17.2. The maximum absolute atomic E-state index is 12.4. The van der Waals surface area contributed by atoms with Crippen LogP contribution in [0, 0.1) is 19.8 Å². The van der Waals surface area contributed by atoms with Gasteiger partial charge in [-0.05, 0) is 50.0 Å². The van der Waals surface area contributed by atoms with Crippen molar-refractivity contribution >= 4 is 11.8 Å². The molecule has 1 aliphatic rings. The van der Waals surface area contributed by atoms with Crippen molar-refractivity contribution in [2.24, 2.45) is 5.92 Å². The highest BCUT2D eigenvalue weighted by Crippen LogP contribution is 2.24. The first-order valence-electron chi connectivity index (χ1n) is 9.58. The van der Waals surface area contributed by atoms with Gasteiger partial charge in [-0.15, -0.1) is 5.10 Å². The molecule has 2 aromatic heterocycles. The Balaban J connectivity index is 1.35. The minimum atomic E-state index is -0.0181. The Bertz CT molecular complexity index is 796. The van der Waals surface area contributed by atoms with Gasteiger partial charge >= 0.3 is 0 Å². The Morgan fingerprint density at radius 1 is 1.14 bits per heavy atom. The highest BCUT2D eigenvalue weighted by atomic mass is 16.2. The Morgan fingerprint density at radius 3 is 2.57 bits per heavy atom. The van der Waals surface area contributed by atoms with Crippen LogP contribution >= 0.6 is 0 Å². The first-order valence-corrected chi connectivity index (χ1v) is 9.58. The molecule has 1 fully saturated rings. The van der Waals surface area contributed by atoms with Gasteiger partial charge in [0, 0.05) is 24.6 Å². The highest BCUT2D eigenvalue weighted by Gasteiger charge is 2.27. The number of nitrogens with one attached hydrogen (secondary N) is 2. The quantitative estimate of drug-likeness (QED) is 0.707. The van der Waals surface area contributed by atoms with Crippen molar-refractivity contribution < 1.29 is 9.59 Å². The summed E-state index contributed by atoms with van der Waals surface area (Å²) in [7, 11) is 0. The molecule has 0 unspecified atom stereocenters. The van der Waals surface area contributed by atoms with Crippen molar-refractivity contribution in [2.75, 3.05) is 0 Å². The van der Waals surface area contributed by atoms with Gasteiger partial charge in [-0.2, -0.15) is 0 Å². The standard InChI is InChI=1S/C18H26N8O2/c1-12-9-20-16(10-19-12)11-21-18(28)14-3-5-15(6-4-14)22-17(27)7-8-26-13(2)23-24-25-26/h9-10,14-15H,3-8,11H2,1-2H3,(H,21,28)(H,22,27). The second-order valence-corrected chi connectivity index (χ2v) is 7.18. The fourth-order valence-corrected chi connectivity index (χ4v) is 3.30. The van der Waals surface area contributed by atoms with Gasteiger partial charge in [-0.3, -0.25) is 19.6 Å². The molecule has 1 aliphatic carbocycles. The van der Waals surface area contributed by atoms with E-state index in [1.54, 1.807) is 24.0 Å². The van der Waals surface area contributed by atoms with Crippen molar-refractivity contribution in [2.45, 2.75) is 65.1 Å². The van der Waals surface area contributed by atoms with Gasteiger partial charge in [0.2, 0.25) is 11.8 Å². The molecule has 0 radical (unpaired) electrons. The van der Waals surface area contributed by atoms with Crippen LogP contribution in [0.5, 0.6) is 0 Å². The zero-order chi connectivity index (χ0) is 19.9. The molecular weight excluding hydrogens is 360 g/mol. The van der Waals surface area contributed by atoms with Crippen LogP contribution in [0.1, 0.15) is 49.3 Å². The van der Waals surface area contributed by atoms with Crippen LogP contribution in [0.15, 0.2) is 12.4 Å². The number of aromatic nitrogens is 6. The molecule has 10 heteroatoms. The minimum absolute atomic E-state index is 0.0132. The van der Waals surface area contributed by atoms with Crippen molar-refractivity contribution in [1.29, 1.82) is 0 Å². The van der Waals surface area contributed by atoms with Gasteiger partial charge in [0.1, 0.15) is 5.82 Å². The van der Waals surface area contributed by atoms with E-state index in [1.807, 2.05) is 6.92 Å². The predicted molar refractivity (Wildman–Crippen MR) is 99.7 cm³/mol. The van der Waals surface area contributed by atoms with Crippen molar-refractivity contribution in [3.05, 3.63) is 29.6 Å². The predicted octanol–water partition coefficient (Wildman–Crippen LogP) is 0.461. The molecule has 1 saturated carbocycles. The van der Waals surface area contributed by atoms with Gasteiger partial charge < -0.3 is 10.6 Å². The summed E-state index contributed by atoms with van der Waals surface area (Å²) in [6.45, 7) is 4.53. The maximum atomic E-state index is 12.4. The van der Waals surface area contributed by atoms with Gasteiger partial charge in [0.25, 0.3) is 0 Å². The van der Waals surface area contributed by atoms with Crippen LogP contribution in [0.4, 0.5) is 0 Å². The minimum Gasteiger partial charge on any atom is -0.353 e. The summed E-state index contributed by atoms with van der Waals surface area (Å²) >= 11 is 0. The van der Waals surface area contributed by atoms with E-state index in [0.29, 0.717) is 25.3 Å². The molecule has 2 N–H and O–H groups in total. The first-order chi connectivity index (χ1) is 13.5. The molecule has 2 heterocycles. The summed E-state index contributed by atoms with van der Waals surface area (Å²) in [4.78, 5) is 32.9. The molecule has 0 saturated heterocycles. The molecule has 0 bridgehead atoms. The van der Waals surface area contributed by atoms with Gasteiger partial charge in [-0.25, -0.2) is 4.68 Å². The van der Waals surface area contributed by atoms with E-state index in [1.165, 1.54) is 0 Å². The lowest BCUT2D eigenvalue weighted by Crippen LogP contribution is -2.41. The van der Waals surface area contributed by atoms with E-state index < -0.39 is 0 Å². The summed E-state index contributed by atoms with van der Waals surface area (Å²) < 4.78 is 1.61. The largest absolute Gasteiger partial charge is 0.353 e. The van der Waals surface area contributed by atoms with Gasteiger partial charge in [0.15, 0.2) is 0 Å². The number of carbonyl (C=O) groups excluding carboxylic acids is 2. The smallest absolute Gasteiger partial charge is 0.223 e. The average molecular weight is 386 g/mol. The zero-order valence-electron chi connectivity index (χ0n) is 16.3. The molecule has 150 valence electrons. The van der Waals surface area contributed by atoms with E-state index in [0.717, 1.165) is 37.1 Å². The van der Waals surface area contributed by atoms with Crippen molar-refractivity contribution in [1.82, 2.24) is 40.8 Å². The Kier molecular flexibility index (Phi) is 6.62. The number of carbonyl (C=O) groups is 2. The topological polar surface area (TPSA) is 128 Å². The third-order valence-electron chi connectivity index (χ3n) is 5.00. The molecule has 2 amide bonds. The molecular formula is C18H26N8O2. The Hall–Kier alpha value is -2.91. The van der Waals surface area contributed by atoms with E-state index >= 15 is 0 Å². The first kappa shape index (κ1) is 19.8. The number of rotatable bonds is 7. The van der Waals surface area contributed by atoms with Crippen LogP contribution in [0.25, 0.3) is 0 Å². The molecule has 28 heavy (non-hydrogen) atoms. The lowest BCUT2D eigenvalue weighted by atomic mass is 9.85. The average Bonchev–Trinajstić information content (AvgIpc) is 3.11. The lowest BCUT2D eigenvalue weighted by Gasteiger charge is -2.28. The highest BCUT2D eigenvalue weighted by molar-refractivity contribution is 5.79. The lowest BCUT2D eigenvalue weighted by molar-refractivity contribution is -0.126. The summed E-state index contributed by atoms with van der Waals surface area (Å²) in [5.41, 5.74) is 1.60. The van der Waals surface area contributed by atoms with Crippen molar-refractivity contribution in [3.8, 4) is 0 Å². The number of amides is 2. The summed E-state index contributed by atoms with van der Waals surface area (Å²) in [6, 6.07) is 0.120. The molecule has 10 nitrogen and oxygen atoms in total. The normalized spacial score (nSPS) is 19.2. The summed E-state index contributed by atoms with van der Waals surface area (Å²) in [5.74, 6) is 0.702. The van der Waals surface area contributed by atoms with Gasteiger partial charge in [0.05, 0.1) is 30.7 Å². The van der Waals surface area contributed by atoms with E-state index in [2.05, 4.69) is 36.1 Å². The molecule has 3 rings (SSSR count). The molecule has 2 aromatic rings. The van der Waals surface area contributed by atoms with Crippen LogP contribution in [-0.2, 0) is 22.7 Å². The second-order valence-electron chi connectivity index (χ2n) is 7.18. The van der Waals surface area contributed by atoms with E-state index in [9.17, 15) is 9.59 Å². The molecule has 0 aliphatic heterocycles. The SMILES string of the molecule is Cc1cnc(CNC(=O)C2CCC(NC(=O)CCn3nnnc3C)CC2)cn1. The summed E-state index contributed by atoms with van der Waals surface area (Å²) in [6.07, 6.45) is 6.85. The van der Waals surface area contributed by atoms with Crippen molar-refractivity contribution in [3.63, 3.8) is 0 Å². The fourth-order valence-electron chi connectivity index (χ4n) is 3.30. The van der Waals surface area contributed by atoms with Crippen LogP contribution in [-0.4, -0.2) is 48.0 Å². The van der Waals surface area contributed by atoms with Gasteiger partial charge in [-0.1, -0.05) is 0 Å². The third kappa shape index (κ3) is 5.54. The van der Waals surface area contributed by atoms with Crippen LogP contribution < -0.4 is 10.6 Å². The second kappa shape index (κ2) is 9.34. The van der Waals surface area contributed by atoms with E-state index in [-0.39, 0.29) is 23.8 Å². The Labute approximate surface area is 163 Å². The third-order valence-corrected chi connectivity index (χ3v) is 5.00. The maximum Gasteiger partial charge on any atom is 0.223 e. The number of nitrogens with zero attached hydrogens (tertiary/aromatic N) is 6. The number of hydrogen-bond donors (Lipinski definition) is 2. The monoisotopic (exact) mass is 386 g/mol. The zero-order valence-corrected chi connectivity index (χ0v) is 16.3. The molecule has 0 aromatic carbocycles. The van der Waals surface area contributed by atoms with Crippen LogP contribution in [0.3, 0.4) is 0 Å². The number of tetrazole rings is 1.